The number of rotatable bonds is 5. The first-order valence-corrected chi connectivity index (χ1v) is 8.59. The zero-order valence-corrected chi connectivity index (χ0v) is 15.0. The van der Waals surface area contributed by atoms with Gasteiger partial charge < -0.3 is 4.74 Å². The molecule has 1 nitrogen and oxygen atoms in total. The Hall–Kier alpha value is -2.82. The van der Waals surface area contributed by atoms with E-state index in [1.807, 2.05) is 13.8 Å². The molecule has 27 heavy (non-hydrogen) atoms. The van der Waals surface area contributed by atoms with Gasteiger partial charge in [-0.3, -0.25) is 0 Å². The van der Waals surface area contributed by atoms with Crippen LogP contribution in [-0.4, -0.2) is 6.61 Å². The summed E-state index contributed by atoms with van der Waals surface area (Å²) in [6.07, 6.45) is 0.779. The van der Waals surface area contributed by atoms with Gasteiger partial charge in [-0.05, 0) is 72.0 Å². The molecule has 3 aromatic carbocycles. The zero-order chi connectivity index (χ0) is 19.6. The standard InChI is InChI=1S/C22H18F4O/c1-3-8-27-22-9-13(2)16(14-4-6-18(23)20(25)10-14)12-17(22)15-5-7-19(24)21(26)11-15/h4-7,9-12H,3,8H2,1-2H3. The van der Waals surface area contributed by atoms with Crippen LogP contribution < -0.4 is 4.74 Å². The van der Waals surface area contributed by atoms with Crippen molar-refractivity contribution in [1.29, 1.82) is 0 Å². The fraction of sp³-hybridized carbons (Fsp3) is 0.182. The average Bonchev–Trinajstić information content (AvgIpc) is 2.65. The van der Waals surface area contributed by atoms with Crippen LogP contribution in [0.25, 0.3) is 22.3 Å². The van der Waals surface area contributed by atoms with Gasteiger partial charge in [-0.25, -0.2) is 17.6 Å². The van der Waals surface area contributed by atoms with E-state index in [-0.39, 0.29) is 0 Å². The molecule has 0 saturated carbocycles. The minimum atomic E-state index is -0.969. The zero-order valence-electron chi connectivity index (χ0n) is 15.0. The van der Waals surface area contributed by atoms with Crippen molar-refractivity contribution in [3.8, 4) is 28.0 Å². The first kappa shape index (κ1) is 19.0. The van der Waals surface area contributed by atoms with Crippen molar-refractivity contribution >= 4 is 0 Å². The summed E-state index contributed by atoms with van der Waals surface area (Å²) in [7, 11) is 0. The van der Waals surface area contributed by atoms with Crippen LogP contribution in [0.1, 0.15) is 18.9 Å². The number of halogens is 4. The Morgan fingerprint density at radius 2 is 1.26 bits per heavy atom. The fourth-order valence-corrected chi connectivity index (χ4v) is 2.88. The summed E-state index contributed by atoms with van der Waals surface area (Å²) in [6, 6.07) is 10.7. The topological polar surface area (TPSA) is 9.23 Å². The highest BCUT2D eigenvalue weighted by atomic mass is 19.2. The molecule has 0 bridgehead atoms. The van der Waals surface area contributed by atoms with Crippen molar-refractivity contribution in [2.75, 3.05) is 6.61 Å². The molecule has 0 spiro atoms. The molecule has 3 aromatic rings. The van der Waals surface area contributed by atoms with Gasteiger partial charge in [0, 0.05) is 5.56 Å². The molecule has 0 aliphatic rings. The summed E-state index contributed by atoms with van der Waals surface area (Å²) >= 11 is 0. The Morgan fingerprint density at radius 3 is 1.78 bits per heavy atom. The van der Waals surface area contributed by atoms with E-state index in [1.165, 1.54) is 12.1 Å². The highest BCUT2D eigenvalue weighted by molar-refractivity contribution is 5.80. The first-order valence-electron chi connectivity index (χ1n) is 8.59. The van der Waals surface area contributed by atoms with E-state index in [0.29, 0.717) is 34.6 Å². The number of hydrogen-bond acceptors (Lipinski definition) is 1. The van der Waals surface area contributed by atoms with Crippen LogP contribution in [0.4, 0.5) is 17.6 Å². The summed E-state index contributed by atoms with van der Waals surface area (Å²) in [4.78, 5) is 0. The van der Waals surface area contributed by atoms with Gasteiger partial charge in [0.15, 0.2) is 23.3 Å². The maximum absolute atomic E-state index is 13.7. The monoisotopic (exact) mass is 374 g/mol. The quantitative estimate of drug-likeness (QED) is 0.453. The Balaban J connectivity index is 2.18. The Kier molecular flexibility index (Phi) is 5.49. The second-order valence-corrected chi connectivity index (χ2v) is 6.27. The largest absolute Gasteiger partial charge is 0.493 e. The lowest BCUT2D eigenvalue weighted by molar-refractivity contribution is 0.318. The molecule has 0 fully saturated rings. The molecule has 0 heterocycles. The van der Waals surface area contributed by atoms with Crippen molar-refractivity contribution < 1.29 is 22.3 Å². The van der Waals surface area contributed by atoms with E-state index in [1.54, 1.807) is 12.1 Å². The van der Waals surface area contributed by atoms with Gasteiger partial charge in [0.25, 0.3) is 0 Å². The number of ether oxygens (including phenoxy) is 1. The van der Waals surface area contributed by atoms with E-state index in [0.717, 1.165) is 36.2 Å². The molecule has 0 aliphatic carbocycles. The smallest absolute Gasteiger partial charge is 0.159 e. The maximum Gasteiger partial charge on any atom is 0.159 e. The van der Waals surface area contributed by atoms with Gasteiger partial charge >= 0.3 is 0 Å². The lowest BCUT2D eigenvalue weighted by Crippen LogP contribution is -1.99. The third-order valence-electron chi connectivity index (χ3n) is 4.25. The molecule has 3 rings (SSSR count). The van der Waals surface area contributed by atoms with Gasteiger partial charge in [-0.2, -0.15) is 0 Å². The highest BCUT2D eigenvalue weighted by Gasteiger charge is 2.15. The van der Waals surface area contributed by atoms with Crippen LogP contribution >= 0.6 is 0 Å². The van der Waals surface area contributed by atoms with Gasteiger partial charge in [0.1, 0.15) is 5.75 Å². The normalized spacial score (nSPS) is 10.9. The molecule has 0 saturated heterocycles. The van der Waals surface area contributed by atoms with Crippen molar-refractivity contribution in [1.82, 2.24) is 0 Å². The number of hydrogen-bond donors (Lipinski definition) is 0. The molecule has 0 unspecified atom stereocenters. The average molecular weight is 374 g/mol. The molecule has 0 N–H and O–H groups in total. The number of aryl methyl sites for hydroxylation is 1. The molecule has 0 aliphatic heterocycles. The van der Waals surface area contributed by atoms with Crippen molar-refractivity contribution in [2.45, 2.75) is 20.3 Å². The van der Waals surface area contributed by atoms with Crippen LogP contribution in [0.5, 0.6) is 5.75 Å². The molecular weight excluding hydrogens is 356 g/mol. The Morgan fingerprint density at radius 1 is 0.704 bits per heavy atom. The van der Waals surface area contributed by atoms with Gasteiger partial charge in [0.2, 0.25) is 0 Å². The summed E-state index contributed by atoms with van der Waals surface area (Å²) < 4.78 is 59.8. The summed E-state index contributed by atoms with van der Waals surface area (Å²) in [5.74, 6) is -3.27. The lowest BCUT2D eigenvalue weighted by Gasteiger charge is -2.16. The highest BCUT2D eigenvalue weighted by Crippen LogP contribution is 2.37. The number of benzene rings is 3. The van der Waals surface area contributed by atoms with Gasteiger partial charge in [0.05, 0.1) is 6.61 Å². The van der Waals surface area contributed by atoms with Crippen LogP contribution in [0.15, 0.2) is 48.5 Å². The van der Waals surface area contributed by atoms with E-state index < -0.39 is 23.3 Å². The van der Waals surface area contributed by atoms with Crippen molar-refractivity contribution in [3.63, 3.8) is 0 Å². The van der Waals surface area contributed by atoms with Crippen LogP contribution in [0.3, 0.4) is 0 Å². The molecule has 0 radical (unpaired) electrons. The Labute approximate surface area is 155 Å². The van der Waals surface area contributed by atoms with E-state index in [4.69, 9.17) is 4.74 Å². The second-order valence-electron chi connectivity index (χ2n) is 6.27. The van der Waals surface area contributed by atoms with Crippen LogP contribution in [0, 0.1) is 30.2 Å². The molecule has 5 heteroatoms. The lowest BCUT2D eigenvalue weighted by atomic mass is 9.94. The van der Waals surface area contributed by atoms with E-state index in [2.05, 4.69) is 0 Å². The van der Waals surface area contributed by atoms with Gasteiger partial charge in [-0.1, -0.05) is 19.1 Å². The third kappa shape index (κ3) is 3.97. The molecular formula is C22H18F4O. The molecule has 0 aromatic heterocycles. The van der Waals surface area contributed by atoms with Crippen LogP contribution in [0.2, 0.25) is 0 Å². The summed E-state index contributed by atoms with van der Waals surface area (Å²) in [5.41, 5.74) is 2.91. The molecule has 140 valence electrons. The van der Waals surface area contributed by atoms with Crippen molar-refractivity contribution in [2.24, 2.45) is 0 Å². The SMILES string of the molecule is CCCOc1cc(C)c(-c2ccc(F)c(F)c2)cc1-c1ccc(F)c(F)c1. The summed E-state index contributed by atoms with van der Waals surface area (Å²) in [5, 5.41) is 0. The third-order valence-corrected chi connectivity index (χ3v) is 4.25. The summed E-state index contributed by atoms with van der Waals surface area (Å²) in [6.45, 7) is 4.24. The minimum absolute atomic E-state index is 0.434. The first-order chi connectivity index (χ1) is 12.9. The maximum atomic E-state index is 13.7. The molecule has 0 amide bonds. The second kappa shape index (κ2) is 7.82. The Bertz CT molecular complexity index is 982. The van der Waals surface area contributed by atoms with Crippen LogP contribution in [-0.2, 0) is 0 Å². The van der Waals surface area contributed by atoms with E-state index in [9.17, 15) is 17.6 Å². The van der Waals surface area contributed by atoms with Gasteiger partial charge in [-0.15, -0.1) is 0 Å². The molecule has 0 atom stereocenters. The predicted octanol–water partition coefficient (Wildman–Crippen LogP) is 6.67. The van der Waals surface area contributed by atoms with Crippen molar-refractivity contribution in [3.05, 3.63) is 77.4 Å². The van der Waals surface area contributed by atoms with E-state index >= 15 is 0 Å². The minimum Gasteiger partial charge on any atom is -0.493 e. The fourth-order valence-electron chi connectivity index (χ4n) is 2.88. The predicted molar refractivity (Wildman–Crippen MR) is 97.7 cm³/mol.